The lowest BCUT2D eigenvalue weighted by Gasteiger charge is -2.13. The van der Waals surface area contributed by atoms with Crippen molar-refractivity contribution in [2.45, 2.75) is 46.6 Å². The number of hydrogen-bond acceptors (Lipinski definition) is 4. The quantitative estimate of drug-likeness (QED) is 0.539. The van der Waals surface area contributed by atoms with Crippen molar-refractivity contribution in [2.75, 3.05) is 13.2 Å². The molecule has 7 nitrogen and oxygen atoms in total. The first-order chi connectivity index (χ1) is 13.5. The summed E-state index contributed by atoms with van der Waals surface area (Å²) in [5.74, 6) is 2.38. The molecule has 2 heterocycles. The number of nitrogens with zero attached hydrogens (tertiary/aromatic N) is 3. The minimum Gasteiger partial charge on any atom is -0.493 e. The van der Waals surface area contributed by atoms with Gasteiger partial charge in [-0.15, -0.1) is 0 Å². The zero-order valence-electron chi connectivity index (χ0n) is 16.7. The Kier molecular flexibility index (Phi) is 6.34. The van der Waals surface area contributed by atoms with E-state index in [1.165, 1.54) is 0 Å². The molecule has 3 rings (SSSR count). The highest BCUT2D eigenvalue weighted by Gasteiger charge is 2.15. The standard InChI is InChI=1S/C21H28N4O3/c1-4-6-19-24-18-12-23-17-11-15(28-10-5-9-22-21(26)27)7-8-16(17)20(18)25(19)13-14(2)3/h7-8,11-12,14,22H,4-6,9-10,13H2,1-3H3,(H,26,27). The van der Waals surface area contributed by atoms with Gasteiger partial charge in [-0.2, -0.15) is 0 Å². The first-order valence-electron chi connectivity index (χ1n) is 9.87. The molecule has 1 amide bonds. The molecule has 0 radical (unpaired) electrons. The first-order valence-corrected chi connectivity index (χ1v) is 9.87. The number of rotatable bonds is 9. The maximum atomic E-state index is 10.5. The predicted molar refractivity (Wildman–Crippen MR) is 110 cm³/mol. The Bertz CT molecular complexity index is 965. The van der Waals surface area contributed by atoms with E-state index in [9.17, 15) is 4.79 Å². The van der Waals surface area contributed by atoms with Crippen LogP contribution in [0.5, 0.6) is 5.75 Å². The second kappa shape index (κ2) is 8.91. The molecule has 0 aliphatic heterocycles. The fourth-order valence-electron chi connectivity index (χ4n) is 3.37. The fraction of sp³-hybridized carbons (Fsp3) is 0.476. The van der Waals surface area contributed by atoms with Gasteiger partial charge in [0.05, 0.1) is 23.8 Å². The van der Waals surface area contributed by atoms with Crippen LogP contribution in [0.3, 0.4) is 0 Å². The lowest BCUT2D eigenvalue weighted by molar-refractivity contribution is 0.193. The van der Waals surface area contributed by atoms with Crippen LogP contribution in [0, 0.1) is 5.92 Å². The number of hydrogen-bond donors (Lipinski definition) is 2. The van der Waals surface area contributed by atoms with Gasteiger partial charge in [-0.1, -0.05) is 20.8 Å². The van der Waals surface area contributed by atoms with E-state index in [4.69, 9.17) is 14.8 Å². The number of benzene rings is 1. The summed E-state index contributed by atoms with van der Waals surface area (Å²) in [4.78, 5) is 19.9. The Morgan fingerprint density at radius 2 is 2.14 bits per heavy atom. The predicted octanol–water partition coefficient (Wildman–Crippen LogP) is 4.23. The van der Waals surface area contributed by atoms with Gasteiger partial charge in [0.1, 0.15) is 17.1 Å². The molecule has 0 saturated carbocycles. The third-order valence-electron chi connectivity index (χ3n) is 4.51. The van der Waals surface area contributed by atoms with Crippen molar-refractivity contribution in [1.29, 1.82) is 0 Å². The molecular weight excluding hydrogens is 356 g/mol. The average Bonchev–Trinajstić information content (AvgIpc) is 2.98. The number of pyridine rings is 1. The molecule has 0 atom stereocenters. The summed E-state index contributed by atoms with van der Waals surface area (Å²) in [5, 5.41) is 12.0. The number of carbonyl (C=O) groups is 1. The molecule has 0 aliphatic rings. The largest absolute Gasteiger partial charge is 0.493 e. The molecule has 28 heavy (non-hydrogen) atoms. The topological polar surface area (TPSA) is 89.3 Å². The molecule has 2 aromatic heterocycles. The normalized spacial score (nSPS) is 11.4. The SMILES string of the molecule is CCCc1nc2cnc3cc(OCCCNC(=O)O)ccc3c2n1CC(C)C. The van der Waals surface area contributed by atoms with Gasteiger partial charge in [0.15, 0.2) is 0 Å². The third-order valence-corrected chi connectivity index (χ3v) is 4.51. The first kappa shape index (κ1) is 19.9. The van der Waals surface area contributed by atoms with E-state index in [1.807, 2.05) is 24.4 Å². The van der Waals surface area contributed by atoms with Crippen LogP contribution in [0.2, 0.25) is 0 Å². The number of carboxylic acid groups (broad SMARTS) is 1. The van der Waals surface area contributed by atoms with Crippen molar-refractivity contribution in [3.05, 3.63) is 30.2 Å². The fourth-order valence-corrected chi connectivity index (χ4v) is 3.37. The molecule has 0 aliphatic carbocycles. The molecule has 1 aromatic carbocycles. The van der Waals surface area contributed by atoms with E-state index in [1.54, 1.807) is 0 Å². The lowest BCUT2D eigenvalue weighted by Crippen LogP contribution is -2.23. The monoisotopic (exact) mass is 384 g/mol. The Morgan fingerprint density at radius 1 is 1.32 bits per heavy atom. The van der Waals surface area contributed by atoms with Crippen molar-refractivity contribution in [3.63, 3.8) is 0 Å². The second-order valence-corrected chi connectivity index (χ2v) is 7.39. The lowest BCUT2D eigenvalue weighted by atomic mass is 10.1. The number of aryl methyl sites for hydroxylation is 1. The Hall–Kier alpha value is -2.83. The molecular formula is C21H28N4O3. The summed E-state index contributed by atoms with van der Waals surface area (Å²) in [6.45, 7) is 8.35. The highest BCUT2D eigenvalue weighted by molar-refractivity contribution is 6.02. The van der Waals surface area contributed by atoms with Gasteiger partial charge in [0.2, 0.25) is 0 Å². The molecule has 150 valence electrons. The maximum Gasteiger partial charge on any atom is 0.404 e. The van der Waals surface area contributed by atoms with Gasteiger partial charge in [-0.25, -0.2) is 9.78 Å². The molecule has 7 heteroatoms. The number of imidazole rings is 1. The summed E-state index contributed by atoms with van der Waals surface area (Å²) in [6.07, 6.45) is 3.45. The number of aromatic nitrogens is 3. The number of fused-ring (bicyclic) bond motifs is 3. The van der Waals surface area contributed by atoms with Crippen molar-refractivity contribution in [3.8, 4) is 5.75 Å². The van der Waals surface area contributed by atoms with E-state index in [0.717, 1.165) is 52.9 Å². The van der Waals surface area contributed by atoms with Crippen molar-refractivity contribution >= 4 is 28.0 Å². The van der Waals surface area contributed by atoms with E-state index >= 15 is 0 Å². The zero-order valence-corrected chi connectivity index (χ0v) is 16.7. The van der Waals surface area contributed by atoms with Crippen LogP contribution in [0.4, 0.5) is 4.79 Å². The molecule has 0 unspecified atom stereocenters. The van der Waals surface area contributed by atoms with Crippen LogP contribution in [-0.4, -0.2) is 38.9 Å². The number of amides is 1. The molecule has 0 saturated heterocycles. The van der Waals surface area contributed by atoms with Gasteiger partial charge < -0.3 is 19.7 Å². The van der Waals surface area contributed by atoms with Gasteiger partial charge in [0, 0.05) is 31.0 Å². The second-order valence-electron chi connectivity index (χ2n) is 7.39. The summed E-state index contributed by atoms with van der Waals surface area (Å²) in [6, 6.07) is 5.93. The van der Waals surface area contributed by atoms with Crippen molar-refractivity contribution < 1.29 is 14.6 Å². The van der Waals surface area contributed by atoms with E-state index in [0.29, 0.717) is 25.5 Å². The zero-order chi connectivity index (χ0) is 20.1. The summed E-state index contributed by atoms with van der Waals surface area (Å²) < 4.78 is 8.09. The molecule has 0 spiro atoms. The van der Waals surface area contributed by atoms with E-state index in [2.05, 4.69) is 35.6 Å². The van der Waals surface area contributed by atoms with Gasteiger partial charge >= 0.3 is 6.09 Å². The van der Waals surface area contributed by atoms with Crippen LogP contribution >= 0.6 is 0 Å². The summed E-state index contributed by atoms with van der Waals surface area (Å²) >= 11 is 0. The third kappa shape index (κ3) is 4.52. The van der Waals surface area contributed by atoms with Gasteiger partial charge in [0.25, 0.3) is 0 Å². The van der Waals surface area contributed by atoms with Gasteiger partial charge in [-0.3, -0.25) is 4.98 Å². The molecule has 0 bridgehead atoms. The Balaban J connectivity index is 1.88. The smallest absolute Gasteiger partial charge is 0.404 e. The number of nitrogens with one attached hydrogen (secondary N) is 1. The molecule has 0 fully saturated rings. The van der Waals surface area contributed by atoms with Crippen LogP contribution in [0.1, 0.15) is 39.4 Å². The highest BCUT2D eigenvalue weighted by Crippen LogP contribution is 2.28. The highest BCUT2D eigenvalue weighted by atomic mass is 16.5. The summed E-state index contributed by atoms with van der Waals surface area (Å²) in [5.41, 5.74) is 2.95. The minimum atomic E-state index is -1.01. The van der Waals surface area contributed by atoms with Crippen LogP contribution in [-0.2, 0) is 13.0 Å². The van der Waals surface area contributed by atoms with Crippen LogP contribution in [0.25, 0.3) is 21.9 Å². The molecule has 3 aromatic rings. The van der Waals surface area contributed by atoms with Crippen LogP contribution in [0.15, 0.2) is 24.4 Å². The summed E-state index contributed by atoms with van der Waals surface area (Å²) in [7, 11) is 0. The van der Waals surface area contributed by atoms with Gasteiger partial charge in [-0.05, 0) is 30.9 Å². The molecule has 2 N–H and O–H groups in total. The van der Waals surface area contributed by atoms with Crippen LogP contribution < -0.4 is 10.1 Å². The van der Waals surface area contributed by atoms with Crippen molar-refractivity contribution in [1.82, 2.24) is 19.9 Å². The average molecular weight is 384 g/mol. The number of ether oxygens (including phenoxy) is 1. The maximum absolute atomic E-state index is 10.5. The Morgan fingerprint density at radius 3 is 2.86 bits per heavy atom. The van der Waals surface area contributed by atoms with Crippen molar-refractivity contribution in [2.24, 2.45) is 5.92 Å². The Labute approximate surface area is 164 Å². The van der Waals surface area contributed by atoms with E-state index in [-0.39, 0.29) is 0 Å². The minimum absolute atomic E-state index is 0.371. The van der Waals surface area contributed by atoms with E-state index < -0.39 is 6.09 Å².